The Labute approximate surface area is 104 Å². The van der Waals surface area contributed by atoms with Crippen molar-refractivity contribution in [2.75, 3.05) is 0 Å². The fraction of sp³-hybridized carbons (Fsp3) is 0.333. The molecule has 0 aliphatic rings. The lowest BCUT2D eigenvalue weighted by molar-refractivity contribution is 0.0930. The molecule has 90 valence electrons. The smallest absolute Gasteiger partial charge is 0.273 e. The van der Waals surface area contributed by atoms with Crippen molar-refractivity contribution in [2.45, 2.75) is 26.3 Å². The minimum Gasteiger partial charge on any atom is -0.355 e. The van der Waals surface area contributed by atoms with Crippen LogP contribution in [0.2, 0.25) is 0 Å². The first-order chi connectivity index (χ1) is 8.20. The van der Waals surface area contributed by atoms with Gasteiger partial charge in [0.2, 0.25) is 0 Å². The van der Waals surface area contributed by atoms with Gasteiger partial charge in [0, 0.05) is 12.1 Å². The molecule has 0 aliphatic heterocycles. The van der Waals surface area contributed by atoms with E-state index in [1.165, 1.54) is 0 Å². The van der Waals surface area contributed by atoms with Gasteiger partial charge in [-0.1, -0.05) is 18.1 Å². The molecule has 2 aromatic heterocycles. The van der Waals surface area contributed by atoms with Crippen LogP contribution < -0.4 is 5.32 Å². The van der Waals surface area contributed by atoms with Gasteiger partial charge in [-0.2, -0.15) is 0 Å². The Morgan fingerprint density at radius 3 is 3.12 bits per heavy atom. The Bertz CT molecular complexity index is 490. The minimum atomic E-state index is -0.189. The van der Waals surface area contributed by atoms with Crippen LogP contribution in [0.3, 0.4) is 0 Å². The first-order valence-electron chi connectivity index (χ1n) is 5.52. The predicted octanol–water partition coefficient (Wildman–Crippen LogP) is 2.93. The topological polar surface area (TPSA) is 55.1 Å². The summed E-state index contributed by atoms with van der Waals surface area (Å²) in [5, 5.41) is 8.58. The highest BCUT2D eigenvalue weighted by Gasteiger charge is 2.15. The van der Waals surface area contributed by atoms with Gasteiger partial charge in [-0.15, -0.1) is 11.3 Å². The number of thiophene rings is 1. The minimum absolute atomic E-state index is 0.143. The summed E-state index contributed by atoms with van der Waals surface area (Å²) >= 11 is 1.55. The van der Waals surface area contributed by atoms with Crippen molar-refractivity contribution < 1.29 is 9.32 Å². The van der Waals surface area contributed by atoms with Gasteiger partial charge < -0.3 is 9.84 Å². The molecule has 1 atom stereocenters. The van der Waals surface area contributed by atoms with Crippen LogP contribution in [-0.4, -0.2) is 17.1 Å². The Hall–Kier alpha value is -1.62. The summed E-state index contributed by atoms with van der Waals surface area (Å²) in [7, 11) is 0. The van der Waals surface area contributed by atoms with Gasteiger partial charge >= 0.3 is 0 Å². The fourth-order valence-corrected chi connectivity index (χ4v) is 1.99. The maximum absolute atomic E-state index is 11.8. The molecule has 2 heterocycles. The molecule has 0 saturated heterocycles. The second-order valence-electron chi connectivity index (χ2n) is 3.84. The molecular formula is C12H14N2O2S. The van der Waals surface area contributed by atoms with Gasteiger partial charge in [0.25, 0.3) is 5.91 Å². The van der Waals surface area contributed by atoms with Crippen LogP contribution >= 0.6 is 11.3 Å². The average Bonchev–Trinajstić information content (AvgIpc) is 2.98. The molecule has 1 amide bonds. The third-order valence-electron chi connectivity index (χ3n) is 2.50. The Kier molecular flexibility index (Phi) is 3.58. The summed E-state index contributed by atoms with van der Waals surface area (Å²) in [5.41, 5.74) is 0.328. The van der Waals surface area contributed by atoms with Crippen LogP contribution in [0.25, 0.3) is 10.6 Å². The quantitative estimate of drug-likeness (QED) is 0.907. The number of amides is 1. The van der Waals surface area contributed by atoms with E-state index < -0.39 is 0 Å². The fourth-order valence-electron chi connectivity index (χ4n) is 1.32. The maximum atomic E-state index is 11.8. The van der Waals surface area contributed by atoms with Gasteiger partial charge in [0.1, 0.15) is 0 Å². The molecular weight excluding hydrogens is 236 g/mol. The van der Waals surface area contributed by atoms with Gasteiger partial charge in [-0.25, -0.2) is 0 Å². The van der Waals surface area contributed by atoms with Crippen molar-refractivity contribution >= 4 is 17.2 Å². The van der Waals surface area contributed by atoms with E-state index in [2.05, 4.69) is 10.5 Å². The van der Waals surface area contributed by atoms with Crippen molar-refractivity contribution in [3.05, 3.63) is 29.3 Å². The summed E-state index contributed by atoms with van der Waals surface area (Å²) in [5.74, 6) is 0.445. The summed E-state index contributed by atoms with van der Waals surface area (Å²) in [4.78, 5) is 12.7. The van der Waals surface area contributed by atoms with E-state index in [1.807, 2.05) is 31.4 Å². The molecule has 5 heteroatoms. The van der Waals surface area contributed by atoms with E-state index >= 15 is 0 Å². The first-order valence-corrected chi connectivity index (χ1v) is 6.40. The van der Waals surface area contributed by atoms with E-state index in [4.69, 9.17) is 4.52 Å². The number of carbonyl (C=O) groups excluding carboxylic acids is 1. The second-order valence-corrected chi connectivity index (χ2v) is 4.78. The molecule has 2 rings (SSSR count). The SMILES string of the molecule is CCC(C)NC(=O)c1cc(-c2cccs2)on1. The van der Waals surface area contributed by atoms with E-state index in [0.717, 1.165) is 11.3 Å². The number of hydrogen-bond donors (Lipinski definition) is 1. The molecule has 2 aromatic rings. The Morgan fingerprint density at radius 2 is 2.47 bits per heavy atom. The summed E-state index contributed by atoms with van der Waals surface area (Å²) in [6.45, 7) is 3.98. The zero-order chi connectivity index (χ0) is 12.3. The Morgan fingerprint density at radius 1 is 1.65 bits per heavy atom. The molecule has 1 unspecified atom stereocenters. The molecule has 0 fully saturated rings. The molecule has 4 nitrogen and oxygen atoms in total. The molecule has 0 spiro atoms. The molecule has 0 radical (unpaired) electrons. The van der Waals surface area contributed by atoms with Crippen molar-refractivity contribution in [1.29, 1.82) is 0 Å². The van der Waals surface area contributed by atoms with Crippen molar-refractivity contribution in [1.82, 2.24) is 10.5 Å². The molecule has 0 bridgehead atoms. The first kappa shape index (κ1) is 11.9. The van der Waals surface area contributed by atoms with Crippen LogP contribution in [0.4, 0.5) is 0 Å². The standard InChI is InChI=1S/C12H14N2O2S/c1-3-8(2)13-12(15)9-7-10(16-14-9)11-5-4-6-17-11/h4-8H,3H2,1-2H3,(H,13,15). The lowest BCUT2D eigenvalue weighted by Crippen LogP contribution is -2.32. The molecule has 0 aliphatic carbocycles. The zero-order valence-corrected chi connectivity index (χ0v) is 10.6. The van der Waals surface area contributed by atoms with Crippen LogP contribution in [0.5, 0.6) is 0 Å². The van der Waals surface area contributed by atoms with Crippen molar-refractivity contribution in [3.8, 4) is 10.6 Å². The highest BCUT2D eigenvalue weighted by atomic mass is 32.1. The van der Waals surface area contributed by atoms with Gasteiger partial charge in [0.15, 0.2) is 11.5 Å². The number of rotatable bonds is 4. The normalized spacial score (nSPS) is 12.4. The molecule has 1 N–H and O–H groups in total. The molecule has 17 heavy (non-hydrogen) atoms. The van der Waals surface area contributed by atoms with Crippen molar-refractivity contribution in [2.24, 2.45) is 0 Å². The van der Waals surface area contributed by atoms with Gasteiger partial charge in [-0.3, -0.25) is 4.79 Å². The predicted molar refractivity (Wildman–Crippen MR) is 67.0 cm³/mol. The molecule has 0 saturated carbocycles. The maximum Gasteiger partial charge on any atom is 0.273 e. The number of hydrogen-bond acceptors (Lipinski definition) is 4. The third kappa shape index (κ3) is 2.74. The number of aromatic nitrogens is 1. The Balaban J connectivity index is 2.11. The van der Waals surface area contributed by atoms with Crippen LogP contribution in [0, 0.1) is 0 Å². The summed E-state index contributed by atoms with van der Waals surface area (Å²) < 4.78 is 5.14. The van der Waals surface area contributed by atoms with Crippen molar-refractivity contribution in [3.63, 3.8) is 0 Å². The van der Waals surface area contributed by atoms with E-state index in [1.54, 1.807) is 17.4 Å². The van der Waals surface area contributed by atoms with E-state index in [0.29, 0.717) is 11.5 Å². The van der Waals surface area contributed by atoms with Crippen LogP contribution in [0.1, 0.15) is 30.8 Å². The largest absolute Gasteiger partial charge is 0.355 e. The van der Waals surface area contributed by atoms with Gasteiger partial charge in [-0.05, 0) is 24.8 Å². The number of nitrogens with zero attached hydrogens (tertiary/aromatic N) is 1. The zero-order valence-electron chi connectivity index (χ0n) is 9.77. The monoisotopic (exact) mass is 250 g/mol. The second kappa shape index (κ2) is 5.14. The lowest BCUT2D eigenvalue weighted by Gasteiger charge is -2.08. The van der Waals surface area contributed by atoms with Crippen LogP contribution in [0.15, 0.2) is 28.1 Å². The summed E-state index contributed by atoms with van der Waals surface area (Å²) in [6, 6.07) is 5.68. The number of nitrogens with one attached hydrogen (secondary N) is 1. The average molecular weight is 250 g/mol. The molecule has 0 aromatic carbocycles. The summed E-state index contributed by atoms with van der Waals surface area (Å²) in [6.07, 6.45) is 0.890. The van der Waals surface area contributed by atoms with E-state index in [9.17, 15) is 4.79 Å². The van der Waals surface area contributed by atoms with Gasteiger partial charge in [0.05, 0.1) is 4.88 Å². The highest BCUT2D eigenvalue weighted by molar-refractivity contribution is 7.13. The number of carbonyl (C=O) groups is 1. The lowest BCUT2D eigenvalue weighted by atomic mass is 10.2. The van der Waals surface area contributed by atoms with Crippen LogP contribution in [-0.2, 0) is 0 Å². The highest BCUT2D eigenvalue weighted by Crippen LogP contribution is 2.25. The third-order valence-corrected chi connectivity index (χ3v) is 3.38. The van der Waals surface area contributed by atoms with E-state index in [-0.39, 0.29) is 11.9 Å².